The number of unbranched alkanes of at least 4 members (excludes halogenated alkanes) is 2. The van der Waals surface area contributed by atoms with Crippen LogP contribution in [0.25, 0.3) is 5.57 Å². The van der Waals surface area contributed by atoms with Crippen LogP contribution in [0.4, 0.5) is 0 Å². The van der Waals surface area contributed by atoms with Gasteiger partial charge in [-0.05, 0) is 109 Å². The lowest BCUT2D eigenvalue weighted by Gasteiger charge is -2.30. The number of amides is 2. The molecule has 35 heteroatoms. The van der Waals surface area contributed by atoms with Gasteiger partial charge in [0.2, 0.25) is 5.91 Å². The smallest absolute Gasteiger partial charge is 0.453 e. The quantitative estimate of drug-likeness (QED) is 0.00836. The molecule has 2 amide bonds. The number of ether oxygens (including phenoxy) is 4. The van der Waals surface area contributed by atoms with Crippen LogP contribution in [0.3, 0.4) is 0 Å². The minimum atomic E-state index is -5.82. The molecule has 3 aliphatic heterocycles. The number of phosphoric acid groups is 4. The molecule has 3 heterocycles. The van der Waals surface area contributed by atoms with Gasteiger partial charge < -0.3 is 62.8 Å². The summed E-state index contributed by atoms with van der Waals surface area (Å²) in [4.78, 5) is 77.9. The van der Waals surface area contributed by atoms with Gasteiger partial charge in [0.25, 0.3) is 5.91 Å². The lowest BCUT2D eigenvalue weighted by Crippen LogP contribution is -2.32. The number of halogens is 1. The van der Waals surface area contributed by atoms with Gasteiger partial charge in [0, 0.05) is 58.4 Å². The van der Waals surface area contributed by atoms with Crippen molar-refractivity contribution in [2.45, 2.75) is 125 Å². The van der Waals surface area contributed by atoms with E-state index in [9.17, 15) is 60.1 Å². The minimum Gasteiger partial charge on any atom is -0.453 e. The summed E-state index contributed by atoms with van der Waals surface area (Å²) >= 11 is 1.21. The fraction of sp³-hybridized carbons (Fsp3) is 0.473. The van der Waals surface area contributed by atoms with Crippen LogP contribution in [-0.4, -0.2) is 132 Å². The first-order valence-corrected chi connectivity index (χ1v) is 36.6. The number of carbonyl (C=O) groups excluding carboxylic acids is 2. The number of carbonyl (C=O) groups is 2. The summed E-state index contributed by atoms with van der Waals surface area (Å²) in [5.41, 5.74) is 3.93. The minimum absolute atomic E-state index is 0.0136. The van der Waals surface area contributed by atoms with E-state index in [4.69, 9.17) is 62.2 Å². The van der Waals surface area contributed by atoms with Gasteiger partial charge in [-0.1, -0.05) is 76.6 Å². The molecule has 10 atom stereocenters. The summed E-state index contributed by atoms with van der Waals surface area (Å²) in [6, 6.07) is 13.3. The van der Waals surface area contributed by atoms with Crippen molar-refractivity contribution in [3.63, 3.8) is 0 Å². The Kier molecular flexibility index (Phi) is 23.1. The van der Waals surface area contributed by atoms with E-state index in [1.54, 1.807) is 24.3 Å². The average molecular weight is 1390 g/mol. The molecule has 0 bridgehead atoms. The third kappa shape index (κ3) is 17.5. The van der Waals surface area contributed by atoms with E-state index in [1.807, 2.05) is 32.9 Å². The Morgan fingerprint density at radius 1 is 0.811 bits per heavy atom. The van der Waals surface area contributed by atoms with Crippen LogP contribution in [0.2, 0.25) is 5.02 Å². The topological polar surface area (TPSA) is 398 Å². The third-order valence-corrected chi connectivity index (χ3v) is 22.4. The van der Waals surface area contributed by atoms with Gasteiger partial charge in [-0.25, -0.2) is 26.7 Å². The van der Waals surface area contributed by atoms with E-state index >= 15 is 0 Å². The lowest BCUT2D eigenvalue weighted by atomic mass is 9.78. The molecule has 0 spiro atoms. The first-order chi connectivity index (χ1) is 42.1. The Morgan fingerprint density at radius 3 is 2.20 bits per heavy atom. The number of nitrogens with one attached hydrogen (secondary N) is 2. The maximum Gasteiger partial charge on any atom is 0.527 e. The van der Waals surface area contributed by atoms with E-state index in [0.717, 1.165) is 11.1 Å². The monoisotopic (exact) mass is 1390 g/mol. The highest BCUT2D eigenvalue weighted by Gasteiger charge is 2.46. The zero-order valence-electron chi connectivity index (χ0n) is 49.4. The van der Waals surface area contributed by atoms with Crippen LogP contribution < -0.4 is 30.5 Å². The summed E-state index contributed by atoms with van der Waals surface area (Å²) in [6.45, 7) is 12.4. The highest BCUT2D eigenvalue weighted by molar-refractivity contribution is 7.79. The van der Waals surface area contributed by atoms with Crippen LogP contribution in [-0.2, 0) is 94.3 Å². The van der Waals surface area contributed by atoms with Crippen LogP contribution in [0.15, 0.2) is 69.4 Å². The number of hydrogen-bond acceptors (Lipinski definition) is 18. The first kappa shape index (κ1) is 71.5. The molecule has 4 aromatic carbocycles. The highest BCUT2D eigenvalue weighted by Crippen LogP contribution is 2.66. The lowest BCUT2D eigenvalue weighted by molar-refractivity contribution is -0.121. The predicted octanol–water partition coefficient (Wildman–Crippen LogP) is 6.61. The number of rotatable bonds is 28. The van der Waals surface area contributed by atoms with Gasteiger partial charge in [0.05, 0.1) is 42.8 Å². The van der Waals surface area contributed by atoms with Gasteiger partial charge in [0.1, 0.15) is 42.2 Å². The van der Waals surface area contributed by atoms with E-state index in [1.165, 1.54) is 18.2 Å². The second kappa shape index (κ2) is 29.1. The Morgan fingerprint density at radius 2 is 1.51 bits per heavy atom. The maximum atomic E-state index is 13.4. The van der Waals surface area contributed by atoms with Crippen molar-refractivity contribution in [3.8, 4) is 29.1 Å². The molecule has 1 aliphatic carbocycles. The summed E-state index contributed by atoms with van der Waals surface area (Å²) < 4.78 is 141. The van der Waals surface area contributed by atoms with Gasteiger partial charge in [-0.15, -0.1) is 0 Å². The van der Waals surface area contributed by atoms with Crippen molar-refractivity contribution in [1.82, 2.24) is 10.6 Å². The van der Waals surface area contributed by atoms with Crippen molar-refractivity contribution >= 4 is 90.3 Å². The van der Waals surface area contributed by atoms with Gasteiger partial charge in [-0.3, -0.25) is 28.5 Å². The molecule has 4 aliphatic rings. The zero-order valence-corrected chi connectivity index (χ0v) is 55.3. The van der Waals surface area contributed by atoms with E-state index in [-0.39, 0.29) is 113 Å². The summed E-state index contributed by atoms with van der Waals surface area (Å²) in [5, 5.41) is 6.78. The highest BCUT2D eigenvalue weighted by atomic mass is 35.5. The molecule has 1 fully saturated rings. The molecule has 9 N–H and O–H groups in total. The van der Waals surface area contributed by atoms with Gasteiger partial charge >= 0.3 is 31.3 Å². The molecular weight excluding hydrogens is 1320 g/mol. The molecule has 27 nitrogen and oxygen atoms in total. The molecule has 10 unspecified atom stereocenters. The van der Waals surface area contributed by atoms with Gasteiger partial charge in [0.15, 0.2) is 33.7 Å². The fourth-order valence-corrected chi connectivity index (χ4v) is 16.1. The number of benzene rings is 4. The average Bonchev–Trinajstić information content (AvgIpc) is 1.34. The molecule has 4 aromatic rings. The second-order valence-corrected chi connectivity index (χ2v) is 30.5. The van der Waals surface area contributed by atoms with E-state index in [0.29, 0.717) is 70.6 Å². The maximum absolute atomic E-state index is 13.4. The molecule has 90 heavy (non-hydrogen) atoms. The number of phosphoric ester groups is 2. The molecule has 0 aromatic heterocycles. The van der Waals surface area contributed by atoms with Crippen LogP contribution in [0.1, 0.15) is 117 Å². The first-order valence-electron chi connectivity index (χ1n) is 28.0. The van der Waals surface area contributed by atoms with Crippen LogP contribution in [0, 0.1) is 17.8 Å². The summed E-state index contributed by atoms with van der Waals surface area (Å²) in [6.07, 6.45) is -0.511. The second-order valence-electron chi connectivity index (χ2n) is 22.6. The number of fused-ring (bicyclic) bond motifs is 4. The Hall–Kier alpha value is -4.34. The normalized spacial score (nSPS) is 22.1. The van der Waals surface area contributed by atoms with Crippen molar-refractivity contribution < 1.29 is 111 Å². The van der Waals surface area contributed by atoms with Crippen molar-refractivity contribution in [2.75, 3.05) is 46.1 Å². The van der Waals surface area contributed by atoms with Crippen molar-refractivity contribution in [2.24, 2.45) is 10.9 Å². The Balaban J connectivity index is 0.745. The van der Waals surface area contributed by atoms with E-state index < -0.39 is 83.7 Å². The van der Waals surface area contributed by atoms with Crippen LogP contribution in [0.5, 0.6) is 17.2 Å². The standard InChI is InChI=1S/C55H67BClN3O24P4S2/c1-31-25-37-40(54(31,3)4)27-38-47(39-28-41-48(60-32(2)55(41,5)6)52(90(74)75)50(39)80-49(38)51(37)89(72)73)33-13-15-34(16-14-33)53(62)59-19-9-7-8-12-46(61)58-20-22-77-24-23-76-21-10-11-35-26-36(17-18-42(35)57)81-87(68,69)82-43-29-45(56)79-44(43)30-78-86(66,67)84-88(70,71)83-85(63,64)65/h13-18,26-28,31-32,43-45H,7-9,12,19-25,29-30H2,1-6H3,(H,58,61)(H,59,62)(H,66,67)(H,68,69)(H,70,71)(H,72,73)(H,74,75)(H2,63,64,65). The number of hydrogen-bond donors (Lipinski definition) is 9. The SMILES string of the molecule is [B]C1CC(OP(=O)(O)Oc2ccc(Cl)c(C#CCOCCOCCNC(=O)CCCCCNC(=O)c3ccc(C4=c5cc6c(c(S(=O)O)c5Oc5c4cc4c(c5S(=O)O)CC(C)C4(C)C)=NC(C)C6(C)C)cc3)c2)C(COP(=O)(O)OP(=O)(O)OP(=O)(O)O)O1. The molecular formula is C55H67BClN3O24P4S2. The molecule has 0 saturated carbocycles. The molecule has 488 valence electrons. The summed E-state index contributed by atoms with van der Waals surface area (Å²) in [7, 11) is -16.3. The Labute approximate surface area is 529 Å². The predicted molar refractivity (Wildman–Crippen MR) is 326 cm³/mol. The zero-order chi connectivity index (χ0) is 65.9. The molecule has 8 rings (SSSR count). The van der Waals surface area contributed by atoms with Crippen molar-refractivity contribution in [1.29, 1.82) is 0 Å². The number of nitrogens with zero attached hydrogens (tertiary/aromatic N) is 1. The largest absolute Gasteiger partial charge is 0.527 e. The van der Waals surface area contributed by atoms with Crippen LogP contribution >= 0.6 is 42.9 Å². The summed E-state index contributed by atoms with van der Waals surface area (Å²) in [5.74, 6) is 5.14. The van der Waals surface area contributed by atoms with Gasteiger partial charge in [-0.2, -0.15) is 8.62 Å². The fourth-order valence-electron chi connectivity index (χ4n) is 10.6. The molecule has 2 radical (unpaired) electrons. The van der Waals surface area contributed by atoms with Crippen molar-refractivity contribution in [3.05, 3.63) is 109 Å². The Bertz CT molecular complexity index is 3880. The van der Waals surface area contributed by atoms with E-state index in [2.05, 4.69) is 56.4 Å². The third-order valence-electron chi connectivity index (χ3n) is 15.8. The molecule has 1 saturated heterocycles.